The van der Waals surface area contributed by atoms with Gasteiger partial charge < -0.3 is 10.6 Å². The average molecular weight is 338 g/mol. The molecular weight excluding hydrogens is 312 g/mol. The number of amides is 2. The summed E-state index contributed by atoms with van der Waals surface area (Å²) in [5.41, 5.74) is 7.98. The summed E-state index contributed by atoms with van der Waals surface area (Å²) in [7, 11) is 1.79. The van der Waals surface area contributed by atoms with Crippen LogP contribution in [0.2, 0.25) is 0 Å². The summed E-state index contributed by atoms with van der Waals surface area (Å²) >= 11 is 0. The lowest BCUT2D eigenvalue weighted by molar-refractivity contribution is -0.131. The van der Waals surface area contributed by atoms with Gasteiger partial charge in [0.1, 0.15) is 0 Å². The Balaban J connectivity index is 1.83. The Bertz CT molecular complexity index is 713. The van der Waals surface area contributed by atoms with Gasteiger partial charge in [0.15, 0.2) is 0 Å². The number of benzene rings is 2. The van der Waals surface area contributed by atoms with Crippen molar-refractivity contribution in [3.63, 3.8) is 0 Å². The van der Waals surface area contributed by atoms with Crippen molar-refractivity contribution in [3.8, 4) is 0 Å². The first kappa shape index (κ1) is 18.7. The second kappa shape index (κ2) is 9.02. The van der Waals surface area contributed by atoms with E-state index in [1.807, 2.05) is 24.3 Å². The highest BCUT2D eigenvalue weighted by molar-refractivity contribution is 5.92. The van der Waals surface area contributed by atoms with Crippen molar-refractivity contribution < 1.29 is 9.59 Å². The van der Waals surface area contributed by atoms with E-state index in [2.05, 4.69) is 19.1 Å². The highest BCUT2D eigenvalue weighted by atomic mass is 16.2. The van der Waals surface area contributed by atoms with Gasteiger partial charge in [-0.15, -0.1) is 0 Å². The van der Waals surface area contributed by atoms with Crippen molar-refractivity contribution in [2.45, 2.75) is 32.7 Å². The number of carbonyl (C=O) groups excluding carboxylic acids is 2. The molecule has 2 aromatic carbocycles. The first-order valence-electron chi connectivity index (χ1n) is 8.62. The summed E-state index contributed by atoms with van der Waals surface area (Å²) < 4.78 is 0. The minimum Gasteiger partial charge on any atom is -0.366 e. The Morgan fingerprint density at radius 3 is 2.40 bits per heavy atom. The van der Waals surface area contributed by atoms with Crippen molar-refractivity contribution >= 4 is 11.8 Å². The minimum atomic E-state index is -0.453. The third-order valence-electron chi connectivity index (χ3n) is 4.35. The number of rotatable bonds is 8. The Kier molecular flexibility index (Phi) is 6.75. The van der Waals surface area contributed by atoms with Gasteiger partial charge in [-0.1, -0.05) is 49.4 Å². The molecule has 0 aliphatic rings. The van der Waals surface area contributed by atoms with Crippen LogP contribution in [0.1, 0.15) is 41.3 Å². The molecule has 0 fully saturated rings. The number of carbonyl (C=O) groups is 2. The third kappa shape index (κ3) is 6.07. The molecule has 0 unspecified atom stereocenters. The van der Waals surface area contributed by atoms with E-state index in [4.69, 9.17) is 5.73 Å². The molecule has 0 aliphatic heterocycles. The van der Waals surface area contributed by atoms with Crippen molar-refractivity contribution in [1.29, 1.82) is 0 Å². The predicted octanol–water partition coefficient (Wildman–Crippen LogP) is 3.40. The van der Waals surface area contributed by atoms with Crippen molar-refractivity contribution in [2.24, 2.45) is 11.7 Å². The van der Waals surface area contributed by atoms with Gasteiger partial charge in [-0.2, -0.15) is 0 Å². The van der Waals surface area contributed by atoms with Crippen LogP contribution in [0.4, 0.5) is 0 Å². The van der Waals surface area contributed by atoms with Crippen LogP contribution in [0.5, 0.6) is 0 Å². The van der Waals surface area contributed by atoms with Gasteiger partial charge in [-0.25, -0.2) is 0 Å². The normalized spacial score (nSPS) is 11.8. The minimum absolute atomic E-state index is 0.116. The lowest BCUT2D eigenvalue weighted by Gasteiger charge is -2.20. The summed E-state index contributed by atoms with van der Waals surface area (Å²) in [6, 6.07) is 17.4. The Morgan fingerprint density at radius 1 is 1.04 bits per heavy atom. The van der Waals surface area contributed by atoms with Crippen LogP contribution in [0, 0.1) is 5.92 Å². The maximum Gasteiger partial charge on any atom is 0.248 e. The van der Waals surface area contributed by atoms with E-state index in [1.54, 1.807) is 30.1 Å². The molecule has 0 spiro atoms. The number of nitrogens with two attached hydrogens (primary N) is 1. The summed E-state index contributed by atoms with van der Waals surface area (Å²) in [6.45, 7) is 2.59. The first-order valence-corrected chi connectivity index (χ1v) is 8.62. The summed E-state index contributed by atoms with van der Waals surface area (Å²) in [5, 5.41) is 0. The molecule has 0 bridgehead atoms. The fourth-order valence-electron chi connectivity index (χ4n) is 2.80. The third-order valence-corrected chi connectivity index (χ3v) is 4.35. The highest BCUT2D eigenvalue weighted by Gasteiger charge is 2.14. The van der Waals surface area contributed by atoms with E-state index in [0.29, 0.717) is 24.4 Å². The molecule has 2 amide bonds. The van der Waals surface area contributed by atoms with Crippen LogP contribution in [0.15, 0.2) is 54.6 Å². The fraction of sp³-hybridized carbons (Fsp3) is 0.333. The zero-order chi connectivity index (χ0) is 18.2. The van der Waals surface area contributed by atoms with Gasteiger partial charge in [0.05, 0.1) is 0 Å². The molecule has 0 heterocycles. The van der Waals surface area contributed by atoms with E-state index in [1.165, 1.54) is 5.56 Å². The van der Waals surface area contributed by atoms with Crippen LogP contribution < -0.4 is 5.73 Å². The highest BCUT2D eigenvalue weighted by Crippen LogP contribution is 2.15. The van der Waals surface area contributed by atoms with E-state index < -0.39 is 5.91 Å². The molecule has 0 saturated heterocycles. The van der Waals surface area contributed by atoms with Gasteiger partial charge in [-0.05, 0) is 42.0 Å². The second-order valence-corrected chi connectivity index (χ2v) is 6.65. The molecule has 2 N–H and O–H groups in total. The Morgan fingerprint density at radius 2 is 1.72 bits per heavy atom. The van der Waals surface area contributed by atoms with E-state index in [0.717, 1.165) is 18.4 Å². The van der Waals surface area contributed by atoms with Crippen LogP contribution in [-0.2, 0) is 17.8 Å². The van der Waals surface area contributed by atoms with Crippen LogP contribution in [-0.4, -0.2) is 23.8 Å². The topological polar surface area (TPSA) is 63.4 Å². The van der Waals surface area contributed by atoms with Crippen LogP contribution >= 0.6 is 0 Å². The molecule has 2 rings (SSSR count). The quantitative estimate of drug-likeness (QED) is 0.802. The van der Waals surface area contributed by atoms with Gasteiger partial charge in [-0.3, -0.25) is 9.59 Å². The predicted molar refractivity (Wildman–Crippen MR) is 100.0 cm³/mol. The first-order chi connectivity index (χ1) is 12.0. The van der Waals surface area contributed by atoms with E-state index in [-0.39, 0.29) is 5.91 Å². The van der Waals surface area contributed by atoms with Gasteiger partial charge in [0.25, 0.3) is 0 Å². The number of primary amides is 1. The molecule has 4 nitrogen and oxygen atoms in total. The van der Waals surface area contributed by atoms with E-state index >= 15 is 0 Å². The smallest absolute Gasteiger partial charge is 0.248 e. The maximum atomic E-state index is 12.4. The molecule has 2 aromatic rings. The molecule has 0 radical (unpaired) electrons. The molecule has 25 heavy (non-hydrogen) atoms. The number of hydrogen-bond donors (Lipinski definition) is 1. The number of hydrogen-bond acceptors (Lipinski definition) is 2. The van der Waals surface area contributed by atoms with Gasteiger partial charge >= 0.3 is 0 Å². The molecule has 0 saturated carbocycles. The van der Waals surface area contributed by atoms with Crippen molar-refractivity contribution in [1.82, 2.24) is 4.90 Å². The molecule has 4 heteroatoms. The number of aryl methyl sites for hydroxylation is 1. The molecule has 0 aliphatic carbocycles. The van der Waals surface area contributed by atoms with E-state index in [9.17, 15) is 9.59 Å². The zero-order valence-corrected chi connectivity index (χ0v) is 14.9. The van der Waals surface area contributed by atoms with Crippen LogP contribution in [0.25, 0.3) is 0 Å². The van der Waals surface area contributed by atoms with Gasteiger partial charge in [0, 0.05) is 25.6 Å². The molecular formula is C21H26N2O2. The maximum absolute atomic E-state index is 12.4. The Labute approximate surface area is 149 Å². The Hall–Kier alpha value is -2.62. The molecule has 132 valence electrons. The summed E-state index contributed by atoms with van der Waals surface area (Å²) in [6.07, 6.45) is 2.50. The largest absolute Gasteiger partial charge is 0.366 e. The SMILES string of the molecule is C[C@@H](CCc1ccccc1)CC(=O)N(C)Cc1cccc(C(N)=O)c1. The van der Waals surface area contributed by atoms with Crippen LogP contribution in [0.3, 0.4) is 0 Å². The summed E-state index contributed by atoms with van der Waals surface area (Å²) in [4.78, 5) is 25.4. The lowest BCUT2D eigenvalue weighted by Crippen LogP contribution is -2.27. The van der Waals surface area contributed by atoms with Crippen molar-refractivity contribution in [2.75, 3.05) is 7.05 Å². The fourth-order valence-corrected chi connectivity index (χ4v) is 2.80. The number of nitrogens with zero attached hydrogens (tertiary/aromatic N) is 1. The lowest BCUT2D eigenvalue weighted by atomic mass is 9.97. The molecule has 1 atom stereocenters. The average Bonchev–Trinajstić information content (AvgIpc) is 2.61. The molecule has 0 aromatic heterocycles. The monoisotopic (exact) mass is 338 g/mol. The van der Waals surface area contributed by atoms with Gasteiger partial charge in [0.2, 0.25) is 11.8 Å². The second-order valence-electron chi connectivity index (χ2n) is 6.65. The van der Waals surface area contributed by atoms with Crippen molar-refractivity contribution in [3.05, 3.63) is 71.3 Å². The summed E-state index contributed by atoms with van der Waals surface area (Å²) in [5.74, 6) is -0.0116. The zero-order valence-electron chi connectivity index (χ0n) is 14.9. The standard InChI is InChI=1S/C21H26N2O2/c1-16(11-12-17-7-4-3-5-8-17)13-20(24)23(2)15-18-9-6-10-19(14-18)21(22)25/h3-10,14,16H,11-13,15H2,1-2H3,(H2,22,25)/t16-/m0/s1.